The smallest absolute Gasteiger partial charge is 0.153 e. The molecule has 152 valence electrons. The molecule has 0 aliphatic carbocycles. The molecule has 1 aromatic carbocycles. The Morgan fingerprint density at radius 3 is 2.64 bits per heavy atom. The highest BCUT2D eigenvalue weighted by molar-refractivity contribution is 6.38. The van der Waals surface area contributed by atoms with Crippen molar-refractivity contribution in [2.24, 2.45) is 5.92 Å². The van der Waals surface area contributed by atoms with Crippen LogP contribution in [0.2, 0.25) is 0 Å². The van der Waals surface area contributed by atoms with Gasteiger partial charge < -0.3 is 10.1 Å². The molecule has 0 saturated carbocycles. The van der Waals surface area contributed by atoms with Gasteiger partial charge in [-0.2, -0.15) is 0 Å². The van der Waals surface area contributed by atoms with Crippen LogP contribution in [0.3, 0.4) is 0 Å². The van der Waals surface area contributed by atoms with Gasteiger partial charge in [-0.25, -0.2) is 0 Å². The van der Waals surface area contributed by atoms with Crippen molar-refractivity contribution < 1.29 is 4.74 Å². The van der Waals surface area contributed by atoms with Gasteiger partial charge in [0.1, 0.15) is 0 Å². The third-order valence-electron chi connectivity index (χ3n) is 5.36. The molecule has 3 heteroatoms. The summed E-state index contributed by atoms with van der Waals surface area (Å²) in [5.74, 6) is 1.95. The molecule has 0 bridgehead atoms. The maximum Gasteiger partial charge on any atom is 0.153 e. The Morgan fingerprint density at radius 1 is 1.21 bits per heavy atom. The van der Waals surface area contributed by atoms with Crippen molar-refractivity contribution in [3.8, 4) is 0 Å². The molecule has 1 aliphatic rings. The topological polar surface area (TPSA) is 21.3 Å². The van der Waals surface area contributed by atoms with Gasteiger partial charge in [-0.3, -0.25) is 0 Å². The van der Waals surface area contributed by atoms with Gasteiger partial charge in [0.25, 0.3) is 0 Å². The first-order valence-corrected chi connectivity index (χ1v) is 10.9. The second-order valence-electron chi connectivity index (χ2n) is 8.75. The minimum atomic E-state index is 0.102. The van der Waals surface area contributed by atoms with Gasteiger partial charge in [0.2, 0.25) is 0 Å². The van der Waals surface area contributed by atoms with E-state index in [-0.39, 0.29) is 6.10 Å². The van der Waals surface area contributed by atoms with E-state index in [0.29, 0.717) is 11.9 Å². The highest BCUT2D eigenvalue weighted by atomic mass is 16.5. The number of hydrogen-bond donors (Lipinski definition) is 1. The zero-order valence-electron chi connectivity index (χ0n) is 18.4. The monoisotopic (exact) mass is 379 g/mol. The van der Waals surface area contributed by atoms with Gasteiger partial charge in [0.05, 0.1) is 11.9 Å². The molecule has 2 atom stereocenters. The van der Waals surface area contributed by atoms with Crippen LogP contribution in [0.15, 0.2) is 49.4 Å². The van der Waals surface area contributed by atoms with Crippen LogP contribution in [0.5, 0.6) is 0 Å². The van der Waals surface area contributed by atoms with Crippen LogP contribution in [0.1, 0.15) is 70.1 Å². The lowest BCUT2D eigenvalue weighted by Gasteiger charge is -2.29. The molecule has 28 heavy (non-hydrogen) atoms. The molecule has 1 aromatic rings. The Morgan fingerprint density at radius 2 is 1.96 bits per heavy atom. The molecule has 0 saturated heterocycles. The van der Waals surface area contributed by atoms with Crippen molar-refractivity contribution in [1.82, 2.24) is 5.32 Å². The zero-order valence-corrected chi connectivity index (χ0v) is 18.4. The number of fused-ring (bicyclic) bond motifs is 1. The summed E-state index contributed by atoms with van der Waals surface area (Å²) in [7, 11) is 1.15. The van der Waals surface area contributed by atoms with Crippen LogP contribution in [0.4, 0.5) is 0 Å². The van der Waals surface area contributed by atoms with Crippen molar-refractivity contribution in [2.45, 2.75) is 78.2 Å². The van der Waals surface area contributed by atoms with E-state index in [2.05, 4.69) is 70.9 Å². The molecule has 2 nitrogen and oxygen atoms in total. The van der Waals surface area contributed by atoms with Crippen LogP contribution in [-0.2, 0) is 17.5 Å². The third kappa shape index (κ3) is 6.62. The van der Waals surface area contributed by atoms with Crippen LogP contribution >= 0.6 is 0 Å². The molecular formula is C25H38BNO. The lowest BCUT2D eigenvalue weighted by Crippen LogP contribution is -2.40. The standard InChI is InChI=1S/C25H38BNO/c1-8-10-19(5)27-25-15-22-11-9-12-23(24(22)16-26-25)18(4)14-21(7)28-20(6)13-17(2)3/h9,11-12,17,21,25-27H,4-6,8,10,13-16H2,1-3,7H3/t21?,25-/m0/s1. The molecule has 1 unspecified atom stereocenters. The fraction of sp³-hybridized carbons (Fsp3) is 0.520. The normalized spacial score (nSPS) is 16.7. The summed E-state index contributed by atoms with van der Waals surface area (Å²) >= 11 is 0. The minimum Gasteiger partial charge on any atom is -0.495 e. The van der Waals surface area contributed by atoms with E-state index in [1.54, 1.807) is 0 Å². The van der Waals surface area contributed by atoms with E-state index in [0.717, 1.165) is 51.5 Å². The van der Waals surface area contributed by atoms with Crippen LogP contribution in [0.25, 0.3) is 5.57 Å². The van der Waals surface area contributed by atoms with Crippen LogP contribution in [-0.4, -0.2) is 19.3 Å². The first-order chi connectivity index (χ1) is 13.3. The third-order valence-corrected chi connectivity index (χ3v) is 5.36. The van der Waals surface area contributed by atoms with Gasteiger partial charge in [-0.1, -0.05) is 65.1 Å². The van der Waals surface area contributed by atoms with Gasteiger partial charge in [-0.15, -0.1) is 0 Å². The van der Waals surface area contributed by atoms with Gasteiger partial charge in [0, 0.05) is 24.5 Å². The van der Waals surface area contributed by atoms with E-state index < -0.39 is 0 Å². The summed E-state index contributed by atoms with van der Waals surface area (Å²) in [6.45, 7) is 21.3. The number of allylic oxidation sites excluding steroid dienone is 2. The van der Waals surface area contributed by atoms with E-state index in [1.165, 1.54) is 28.0 Å². The van der Waals surface area contributed by atoms with Crippen molar-refractivity contribution in [1.29, 1.82) is 0 Å². The Bertz CT molecular complexity index is 706. The molecule has 2 rings (SSSR count). The van der Waals surface area contributed by atoms with Crippen LogP contribution < -0.4 is 5.32 Å². The van der Waals surface area contributed by atoms with Crippen molar-refractivity contribution in [3.05, 3.63) is 66.1 Å². The Hall–Kier alpha value is -1.90. The quantitative estimate of drug-likeness (QED) is 0.389. The number of nitrogens with one attached hydrogen (secondary N) is 1. The summed E-state index contributed by atoms with van der Waals surface area (Å²) in [6, 6.07) is 6.67. The zero-order chi connectivity index (χ0) is 20.7. The predicted molar refractivity (Wildman–Crippen MR) is 125 cm³/mol. The molecule has 0 amide bonds. The number of rotatable bonds is 11. The highest BCUT2D eigenvalue weighted by Gasteiger charge is 2.23. The molecule has 1 N–H and O–H groups in total. The lowest BCUT2D eigenvalue weighted by molar-refractivity contribution is 0.125. The molecule has 0 spiro atoms. The summed E-state index contributed by atoms with van der Waals surface area (Å²) in [6.07, 6.45) is 6.21. The second-order valence-corrected chi connectivity index (χ2v) is 8.75. The molecule has 0 aromatic heterocycles. The van der Waals surface area contributed by atoms with E-state index in [4.69, 9.17) is 4.74 Å². The summed E-state index contributed by atoms with van der Waals surface area (Å²) in [4.78, 5) is 0. The number of hydrogen-bond acceptors (Lipinski definition) is 2. The fourth-order valence-electron chi connectivity index (χ4n) is 4.21. The van der Waals surface area contributed by atoms with Gasteiger partial charge in [0.15, 0.2) is 7.28 Å². The summed E-state index contributed by atoms with van der Waals surface area (Å²) in [5.41, 5.74) is 6.57. The number of ether oxygens (including phenoxy) is 1. The average molecular weight is 379 g/mol. The first-order valence-electron chi connectivity index (χ1n) is 10.9. The minimum absolute atomic E-state index is 0.102. The van der Waals surface area contributed by atoms with Crippen molar-refractivity contribution in [2.75, 3.05) is 0 Å². The van der Waals surface area contributed by atoms with Crippen molar-refractivity contribution in [3.63, 3.8) is 0 Å². The van der Waals surface area contributed by atoms with E-state index in [1.807, 2.05) is 0 Å². The predicted octanol–water partition coefficient (Wildman–Crippen LogP) is 5.78. The second kappa shape index (κ2) is 10.6. The van der Waals surface area contributed by atoms with Crippen molar-refractivity contribution >= 4 is 12.9 Å². The molecule has 1 aliphatic heterocycles. The Kier molecular flexibility index (Phi) is 8.47. The molecular weight excluding hydrogens is 341 g/mol. The molecule has 0 fully saturated rings. The summed E-state index contributed by atoms with van der Waals surface area (Å²) in [5, 5.41) is 3.63. The summed E-state index contributed by atoms with van der Waals surface area (Å²) < 4.78 is 6.01. The SMILES string of the molecule is C=C(CCC)N[C@@H]1BCc2c(cccc2C(=C)CC(C)OC(=C)CC(C)C)C1. The Labute approximate surface area is 173 Å². The van der Waals surface area contributed by atoms with Gasteiger partial charge in [-0.05, 0) is 54.3 Å². The fourth-order valence-corrected chi connectivity index (χ4v) is 4.21. The molecule has 0 radical (unpaired) electrons. The molecule has 1 heterocycles. The van der Waals surface area contributed by atoms with Gasteiger partial charge >= 0.3 is 0 Å². The Balaban J connectivity index is 1.99. The largest absolute Gasteiger partial charge is 0.495 e. The van der Waals surface area contributed by atoms with E-state index in [9.17, 15) is 0 Å². The lowest BCUT2D eigenvalue weighted by atomic mass is 9.57. The maximum absolute atomic E-state index is 6.01. The van der Waals surface area contributed by atoms with E-state index >= 15 is 0 Å². The average Bonchev–Trinajstić information content (AvgIpc) is 2.60. The van der Waals surface area contributed by atoms with Crippen LogP contribution in [0, 0.1) is 5.92 Å². The number of benzene rings is 1. The highest BCUT2D eigenvalue weighted by Crippen LogP contribution is 2.29. The first kappa shape index (κ1) is 22.4. The maximum atomic E-state index is 6.01.